The maximum atomic E-state index is 13.0. The zero-order valence-corrected chi connectivity index (χ0v) is 15.7. The van der Waals surface area contributed by atoms with Crippen molar-refractivity contribution in [1.29, 1.82) is 0 Å². The molecule has 0 spiro atoms. The second kappa shape index (κ2) is 7.02. The van der Waals surface area contributed by atoms with Crippen molar-refractivity contribution in [3.63, 3.8) is 0 Å². The number of nitrogens with one attached hydrogen (secondary N) is 2. The van der Waals surface area contributed by atoms with Gasteiger partial charge in [0.1, 0.15) is 12.7 Å². The molecule has 1 atom stereocenters. The van der Waals surface area contributed by atoms with E-state index in [0.29, 0.717) is 13.1 Å². The monoisotopic (exact) mass is 383 g/mol. The summed E-state index contributed by atoms with van der Waals surface area (Å²) in [6.07, 6.45) is 4.97. The third-order valence-corrected chi connectivity index (χ3v) is 4.83. The third kappa shape index (κ3) is 3.32. The Kier molecular flexibility index (Phi) is 4.54. The van der Waals surface area contributed by atoms with Crippen molar-refractivity contribution in [2.24, 2.45) is 0 Å². The molecule has 0 bridgehead atoms. The quantitative estimate of drug-likeness (QED) is 0.634. The molecule has 0 aliphatic heterocycles. The summed E-state index contributed by atoms with van der Waals surface area (Å²) in [6.45, 7) is 4.43. The van der Waals surface area contributed by atoms with Crippen molar-refractivity contribution in [2.45, 2.75) is 51.7 Å². The highest BCUT2D eigenvalue weighted by molar-refractivity contribution is 6.05. The average Bonchev–Trinajstić information content (AvgIpc) is 3.38. The molecule has 3 aromatic heterocycles. The van der Waals surface area contributed by atoms with Crippen molar-refractivity contribution < 1.29 is 4.79 Å². The Bertz CT molecular complexity index is 1140. The fraction of sp³-hybridized carbons (Fsp3) is 0.444. The summed E-state index contributed by atoms with van der Waals surface area (Å²) >= 11 is 0. The molecule has 1 aliphatic rings. The number of hydrogen-bond donors (Lipinski definition) is 2. The van der Waals surface area contributed by atoms with Crippen LogP contribution in [0.4, 0.5) is 0 Å². The summed E-state index contributed by atoms with van der Waals surface area (Å²) in [6, 6.07) is 1.44. The summed E-state index contributed by atoms with van der Waals surface area (Å²) in [4.78, 5) is 48.4. The van der Waals surface area contributed by atoms with Gasteiger partial charge in [0, 0.05) is 24.2 Å². The molecule has 28 heavy (non-hydrogen) atoms. The number of H-pyrrole nitrogens is 1. The Morgan fingerprint density at radius 3 is 2.82 bits per heavy atom. The standard InChI is InChI=1S/C18H21N7O3/c1-3-25-15-14(17(27)23-18(25)28)12(6-13(22-15)11-4-5-11)16(26)21-10(2)7-24-9-19-8-20-24/h6,8-11H,3-5,7H2,1-2H3,(H,21,26)(H,23,27,28). The molecule has 146 valence electrons. The lowest BCUT2D eigenvalue weighted by molar-refractivity contribution is 0.0937. The number of carbonyl (C=O) groups excluding carboxylic acids is 1. The van der Waals surface area contributed by atoms with Crippen LogP contribution in [-0.4, -0.2) is 41.2 Å². The number of amides is 1. The van der Waals surface area contributed by atoms with Gasteiger partial charge in [-0.1, -0.05) is 0 Å². The molecule has 10 nitrogen and oxygen atoms in total. The van der Waals surface area contributed by atoms with Gasteiger partial charge in [0.05, 0.1) is 17.5 Å². The molecule has 10 heteroatoms. The number of aromatic amines is 1. The molecule has 1 aliphatic carbocycles. The summed E-state index contributed by atoms with van der Waals surface area (Å²) in [5.41, 5.74) is 0.115. The topological polar surface area (TPSA) is 128 Å². The molecule has 0 aromatic carbocycles. The summed E-state index contributed by atoms with van der Waals surface area (Å²) < 4.78 is 3.00. The van der Waals surface area contributed by atoms with Crippen molar-refractivity contribution in [1.82, 2.24) is 34.6 Å². The molecule has 2 N–H and O–H groups in total. The van der Waals surface area contributed by atoms with Crippen LogP contribution in [0.1, 0.15) is 48.7 Å². The molecule has 4 rings (SSSR count). The lowest BCUT2D eigenvalue weighted by Gasteiger charge is -2.16. The minimum atomic E-state index is -0.603. The Morgan fingerprint density at radius 1 is 1.39 bits per heavy atom. The number of hydrogen-bond acceptors (Lipinski definition) is 6. The zero-order chi connectivity index (χ0) is 19.8. The van der Waals surface area contributed by atoms with Crippen LogP contribution in [0.5, 0.6) is 0 Å². The molecule has 3 aromatic rings. The van der Waals surface area contributed by atoms with Crippen LogP contribution >= 0.6 is 0 Å². The highest BCUT2D eigenvalue weighted by atomic mass is 16.2. The first-order chi connectivity index (χ1) is 13.5. The van der Waals surface area contributed by atoms with Gasteiger partial charge in [0.25, 0.3) is 11.5 Å². The van der Waals surface area contributed by atoms with E-state index in [1.807, 2.05) is 6.92 Å². The molecular weight excluding hydrogens is 362 g/mol. The molecule has 0 radical (unpaired) electrons. The van der Waals surface area contributed by atoms with Crippen LogP contribution in [0.15, 0.2) is 28.3 Å². The van der Waals surface area contributed by atoms with Gasteiger partial charge in [-0.3, -0.25) is 23.8 Å². The SMILES string of the molecule is CCn1c(=O)[nH]c(=O)c2c(C(=O)NC(C)Cn3cncn3)cc(C3CC3)nc21. The smallest absolute Gasteiger partial charge is 0.329 e. The number of aryl methyl sites for hydroxylation is 1. The first kappa shape index (κ1) is 18.1. The maximum Gasteiger partial charge on any atom is 0.329 e. The molecule has 0 saturated heterocycles. The van der Waals surface area contributed by atoms with E-state index in [0.717, 1.165) is 18.5 Å². The Morgan fingerprint density at radius 2 is 2.18 bits per heavy atom. The van der Waals surface area contributed by atoms with Crippen LogP contribution in [0.2, 0.25) is 0 Å². The van der Waals surface area contributed by atoms with E-state index >= 15 is 0 Å². The summed E-state index contributed by atoms with van der Waals surface area (Å²) in [7, 11) is 0. The van der Waals surface area contributed by atoms with Crippen LogP contribution < -0.4 is 16.6 Å². The van der Waals surface area contributed by atoms with Gasteiger partial charge in [-0.25, -0.2) is 14.8 Å². The average molecular weight is 383 g/mol. The zero-order valence-electron chi connectivity index (χ0n) is 15.7. The number of aromatic nitrogens is 6. The van der Waals surface area contributed by atoms with E-state index < -0.39 is 11.2 Å². The van der Waals surface area contributed by atoms with Gasteiger partial charge < -0.3 is 5.32 Å². The van der Waals surface area contributed by atoms with E-state index in [1.165, 1.54) is 10.9 Å². The molecule has 3 heterocycles. The van der Waals surface area contributed by atoms with E-state index in [-0.39, 0.29) is 34.5 Å². The number of pyridine rings is 1. The molecule has 1 amide bonds. The van der Waals surface area contributed by atoms with E-state index in [2.05, 4.69) is 25.4 Å². The van der Waals surface area contributed by atoms with Gasteiger partial charge in [-0.05, 0) is 32.8 Å². The second-order valence-electron chi connectivity index (χ2n) is 7.06. The molecule has 1 fully saturated rings. The van der Waals surface area contributed by atoms with Crippen molar-refractivity contribution in [3.05, 3.63) is 50.8 Å². The first-order valence-corrected chi connectivity index (χ1v) is 9.29. The van der Waals surface area contributed by atoms with E-state index in [9.17, 15) is 14.4 Å². The second-order valence-corrected chi connectivity index (χ2v) is 7.06. The van der Waals surface area contributed by atoms with E-state index in [1.54, 1.807) is 24.0 Å². The summed E-state index contributed by atoms with van der Waals surface area (Å²) in [5.74, 6) is -0.114. The fourth-order valence-corrected chi connectivity index (χ4v) is 3.31. The highest BCUT2D eigenvalue weighted by Crippen LogP contribution is 2.39. The Hall–Kier alpha value is -3.30. The maximum absolute atomic E-state index is 13.0. The highest BCUT2D eigenvalue weighted by Gasteiger charge is 2.28. The van der Waals surface area contributed by atoms with Crippen LogP contribution in [-0.2, 0) is 13.1 Å². The third-order valence-electron chi connectivity index (χ3n) is 4.83. The normalized spacial score (nSPS) is 14.9. The van der Waals surface area contributed by atoms with E-state index in [4.69, 9.17) is 0 Å². The van der Waals surface area contributed by atoms with Gasteiger partial charge in [-0.2, -0.15) is 5.10 Å². The fourth-order valence-electron chi connectivity index (χ4n) is 3.31. The van der Waals surface area contributed by atoms with Crippen molar-refractivity contribution in [3.8, 4) is 0 Å². The van der Waals surface area contributed by atoms with Gasteiger partial charge in [0.2, 0.25) is 0 Å². The molecular formula is C18H21N7O3. The molecule has 1 saturated carbocycles. The number of nitrogens with zero attached hydrogens (tertiary/aromatic N) is 5. The van der Waals surface area contributed by atoms with Crippen molar-refractivity contribution in [2.75, 3.05) is 0 Å². The van der Waals surface area contributed by atoms with Gasteiger partial charge in [-0.15, -0.1) is 0 Å². The van der Waals surface area contributed by atoms with Crippen LogP contribution in [0.25, 0.3) is 11.0 Å². The Balaban J connectivity index is 1.77. The van der Waals surface area contributed by atoms with Gasteiger partial charge >= 0.3 is 5.69 Å². The minimum Gasteiger partial charge on any atom is -0.348 e. The Labute approximate surface area is 159 Å². The predicted octanol–water partition coefficient (Wildman–Crippen LogP) is 0.392. The van der Waals surface area contributed by atoms with Crippen LogP contribution in [0, 0.1) is 0 Å². The summed E-state index contributed by atoms with van der Waals surface area (Å²) in [5, 5.41) is 7.06. The van der Waals surface area contributed by atoms with Gasteiger partial charge in [0.15, 0.2) is 5.65 Å². The number of carbonyl (C=O) groups is 1. The minimum absolute atomic E-state index is 0.135. The number of rotatable bonds is 6. The number of fused-ring (bicyclic) bond motifs is 1. The predicted molar refractivity (Wildman–Crippen MR) is 101 cm³/mol. The first-order valence-electron chi connectivity index (χ1n) is 9.29. The lowest BCUT2D eigenvalue weighted by Crippen LogP contribution is -2.37. The van der Waals surface area contributed by atoms with Crippen LogP contribution in [0.3, 0.4) is 0 Å². The lowest BCUT2D eigenvalue weighted by atomic mass is 10.1. The molecule has 1 unspecified atom stereocenters. The van der Waals surface area contributed by atoms with Crippen molar-refractivity contribution >= 4 is 16.9 Å². The largest absolute Gasteiger partial charge is 0.348 e.